The highest BCUT2D eigenvalue weighted by Crippen LogP contribution is 2.45. The molecular weight excluding hydrogens is 416 g/mol. The topological polar surface area (TPSA) is 67.6 Å². The van der Waals surface area contributed by atoms with Crippen molar-refractivity contribution in [2.24, 2.45) is 0 Å². The zero-order valence-electron chi connectivity index (χ0n) is 21.7. The predicted octanol–water partition coefficient (Wildman–Crippen LogP) is 7.27. The lowest BCUT2D eigenvalue weighted by atomic mass is 10.0. The normalized spacial score (nSPS) is 24.7. The van der Waals surface area contributed by atoms with Crippen LogP contribution in [-0.4, -0.2) is 40.4 Å². The van der Waals surface area contributed by atoms with E-state index in [-0.39, 0.29) is 23.8 Å². The van der Waals surface area contributed by atoms with Gasteiger partial charge >= 0.3 is 12.2 Å². The summed E-state index contributed by atoms with van der Waals surface area (Å²) in [6, 6.07) is 0.262. The summed E-state index contributed by atoms with van der Waals surface area (Å²) >= 11 is 0. The van der Waals surface area contributed by atoms with E-state index in [2.05, 4.69) is 38.4 Å². The third-order valence-electron chi connectivity index (χ3n) is 5.90. The molecule has 6 nitrogen and oxygen atoms in total. The average molecular weight is 463 g/mol. The van der Waals surface area contributed by atoms with Gasteiger partial charge in [-0.15, -0.1) is 13.2 Å². The second kappa shape index (κ2) is 13.5. The van der Waals surface area contributed by atoms with Crippen LogP contribution in [0.4, 0.5) is 9.59 Å². The van der Waals surface area contributed by atoms with Gasteiger partial charge in [-0.25, -0.2) is 9.59 Å². The zero-order valence-corrected chi connectivity index (χ0v) is 21.7. The van der Waals surface area contributed by atoms with Gasteiger partial charge < -0.3 is 14.8 Å². The first kappa shape index (κ1) is 28.8. The maximum atomic E-state index is 11.6. The molecule has 0 aromatic rings. The highest BCUT2D eigenvalue weighted by atomic mass is 16.6. The fourth-order valence-corrected chi connectivity index (χ4v) is 3.87. The van der Waals surface area contributed by atoms with Gasteiger partial charge in [0.15, 0.2) is 0 Å². The Hall–Kier alpha value is -2.24. The average Bonchev–Trinajstić information content (AvgIpc) is 3.33. The van der Waals surface area contributed by atoms with E-state index in [1.54, 1.807) is 11.0 Å². The Bertz CT molecular complexity index is 696. The number of unbranched alkanes of at least 4 members (excludes halogenated alkanes) is 6. The second-order valence-corrected chi connectivity index (χ2v) is 9.98. The third-order valence-corrected chi connectivity index (χ3v) is 5.90. The van der Waals surface area contributed by atoms with Crippen LogP contribution < -0.4 is 5.32 Å². The van der Waals surface area contributed by atoms with E-state index in [9.17, 15) is 9.59 Å². The molecule has 3 fully saturated rings. The van der Waals surface area contributed by atoms with E-state index in [0.29, 0.717) is 6.04 Å². The van der Waals surface area contributed by atoms with Crippen LogP contribution in [0.3, 0.4) is 0 Å². The summed E-state index contributed by atoms with van der Waals surface area (Å²) in [5.74, 6) is 0. The van der Waals surface area contributed by atoms with Gasteiger partial charge in [0.25, 0.3) is 0 Å². The minimum absolute atomic E-state index is 0.0694. The van der Waals surface area contributed by atoms with Crippen LogP contribution in [0.1, 0.15) is 99.3 Å². The summed E-state index contributed by atoms with van der Waals surface area (Å²) in [7, 11) is 0. The molecule has 0 saturated carbocycles. The van der Waals surface area contributed by atoms with Crippen molar-refractivity contribution < 1.29 is 19.1 Å². The summed E-state index contributed by atoms with van der Waals surface area (Å²) in [4.78, 5) is 24.0. The molecule has 0 aromatic heterocycles. The number of ether oxygens (including phenoxy) is 2. The Kier molecular flexibility index (Phi) is 11.7. The first-order valence-electron chi connectivity index (χ1n) is 12.5. The first-order valence-corrected chi connectivity index (χ1v) is 12.5. The lowest BCUT2D eigenvalue weighted by Crippen LogP contribution is -2.37. The molecule has 2 amide bonds. The fourth-order valence-electron chi connectivity index (χ4n) is 3.87. The van der Waals surface area contributed by atoms with Gasteiger partial charge in [-0.3, -0.25) is 4.90 Å². The molecule has 1 N–H and O–H groups in total. The molecule has 0 aromatic carbocycles. The Morgan fingerprint density at radius 3 is 2.06 bits per heavy atom. The highest BCUT2D eigenvalue weighted by Gasteiger charge is 2.54. The van der Waals surface area contributed by atoms with E-state index < -0.39 is 5.60 Å². The number of cyclic esters (lactones) is 2. The summed E-state index contributed by atoms with van der Waals surface area (Å²) in [6.45, 7) is 19.3. The maximum Gasteiger partial charge on any atom is 0.415 e. The zero-order chi connectivity index (χ0) is 25.1. The molecule has 6 heteroatoms. The van der Waals surface area contributed by atoms with Crippen LogP contribution in [0, 0.1) is 0 Å². The van der Waals surface area contributed by atoms with Crippen molar-refractivity contribution in [2.75, 3.05) is 0 Å². The Balaban J connectivity index is 0.000000275. The number of alkyl carbamates (subject to hydrolysis) is 1. The maximum absolute atomic E-state index is 11.6. The number of nitrogens with zero attached hydrogens (tertiary/aromatic N) is 1. The summed E-state index contributed by atoms with van der Waals surface area (Å²) in [5, 5.41) is 2.61. The van der Waals surface area contributed by atoms with Gasteiger partial charge in [-0.2, -0.15) is 0 Å². The van der Waals surface area contributed by atoms with Crippen molar-refractivity contribution in [3.8, 4) is 0 Å². The third kappa shape index (κ3) is 9.65. The SMILES string of the molecule is C=CC1NC(=O)OC1(C)C.C=CCCCCC.CCCCC/C=C1\C2CC(C)(C)OC(=O)N12. The van der Waals surface area contributed by atoms with Crippen LogP contribution in [0.5, 0.6) is 0 Å². The molecular formula is C27H46N2O4. The number of hydrogen-bond donors (Lipinski definition) is 1. The van der Waals surface area contributed by atoms with Crippen molar-refractivity contribution in [1.29, 1.82) is 0 Å². The number of hydrogen-bond acceptors (Lipinski definition) is 4. The Morgan fingerprint density at radius 2 is 1.61 bits per heavy atom. The van der Waals surface area contributed by atoms with Gasteiger partial charge in [0.2, 0.25) is 0 Å². The summed E-state index contributed by atoms with van der Waals surface area (Å²) in [5.41, 5.74) is 0.447. The smallest absolute Gasteiger partial charge is 0.415 e. The molecule has 3 aliphatic rings. The van der Waals surface area contributed by atoms with Crippen LogP contribution >= 0.6 is 0 Å². The molecule has 0 aliphatic carbocycles. The molecule has 33 heavy (non-hydrogen) atoms. The number of amides is 2. The minimum atomic E-state index is -0.446. The Morgan fingerprint density at radius 1 is 1.00 bits per heavy atom. The number of rotatable bonds is 9. The fraction of sp³-hybridized carbons (Fsp3) is 0.704. The van der Waals surface area contributed by atoms with Crippen LogP contribution in [-0.2, 0) is 9.47 Å². The van der Waals surface area contributed by atoms with Crippen molar-refractivity contribution >= 4 is 12.2 Å². The quantitative estimate of drug-likeness (QED) is 0.222. The largest absolute Gasteiger partial charge is 0.443 e. The van der Waals surface area contributed by atoms with E-state index in [0.717, 1.165) is 12.8 Å². The molecule has 3 rings (SSSR count). The van der Waals surface area contributed by atoms with Gasteiger partial charge in [0.1, 0.15) is 11.2 Å². The second-order valence-electron chi connectivity index (χ2n) is 9.98. The predicted molar refractivity (Wildman–Crippen MR) is 135 cm³/mol. The van der Waals surface area contributed by atoms with E-state index in [4.69, 9.17) is 9.47 Å². The van der Waals surface area contributed by atoms with Crippen LogP contribution in [0.25, 0.3) is 0 Å². The summed E-state index contributed by atoms with van der Waals surface area (Å²) in [6.07, 6.45) is 16.3. The first-order chi connectivity index (χ1) is 15.5. The van der Waals surface area contributed by atoms with Crippen LogP contribution in [0.2, 0.25) is 0 Å². The number of allylic oxidation sites excluding steroid dienone is 2. The number of carbonyl (C=O) groups is 2. The van der Waals surface area contributed by atoms with Crippen molar-refractivity contribution in [3.05, 3.63) is 37.1 Å². The molecule has 0 bridgehead atoms. The van der Waals surface area contributed by atoms with Crippen LogP contribution in [0.15, 0.2) is 37.1 Å². The minimum Gasteiger partial charge on any atom is -0.443 e. The number of nitrogens with one attached hydrogen (secondary N) is 1. The van der Waals surface area contributed by atoms with Gasteiger partial charge in [-0.05, 0) is 53.4 Å². The van der Waals surface area contributed by atoms with E-state index in [1.807, 2.05) is 33.8 Å². The monoisotopic (exact) mass is 462 g/mol. The standard InChI is InChI=1S/C13H21NO2.C7H11NO2.C7H14/c1-4-5-6-7-8-10-11-9-13(2,3)16-12(15)14(10)11;1-4-5-7(2,3)10-6(9)8-5;1-3-5-7-6-4-2/h8,11H,4-7,9H2,1-3H3;4-5H,1H2,2-3H3,(H,8,9);3H,1,4-7H2,2H3/b10-8+;;. The number of fused-ring (bicyclic) bond motifs is 1. The van der Waals surface area contributed by atoms with Gasteiger partial charge in [0, 0.05) is 12.1 Å². The van der Waals surface area contributed by atoms with Crippen molar-refractivity contribution in [3.63, 3.8) is 0 Å². The molecule has 2 atom stereocenters. The molecule has 2 unspecified atom stereocenters. The number of carbonyl (C=O) groups excluding carboxylic acids is 2. The highest BCUT2D eigenvalue weighted by molar-refractivity contribution is 5.78. The van der Waals surface area contributed by atoms with E-state index in [1.165, 1.54) is 50.6 Å². The lowest BCUT2D eigenvalue weighted by molar-refractivity contribution is 0.00122. The van der Waals surface area contributed by atoms with Gasteiger partial charge in [0.05, 0.1) is 12.1 Å². The van der Waals surface area contributed by atoms with E-state index >= 15 is 0 Å². The molecule has 0 spiro atoms. The molecule has 3 heterocycles. The molecule has 0 radical (unpaired) electrons. The summed E-state index contributed by atoms with van der Waals surface area (Å²) < 4.78 is 10.3. The molecule has 3 saturated heterocycles. The lowest BCUT2D eigenvalue weighted by Gasteiger charge is -2.28. The molecule has 188 valence electrons. The molecule has 3 aliphatic heterocycles. The Labute approximate surface area is 201 Å². The van der Waals surface area contributed by atoms with Gasteiger partial charge in [-0.1, -0.05) is 57.8 Å². The van der Waals surface area contributed by atoms with Crippen molar-refractivity contribution in [1.82, 2.24) is 10.2 Å². The van der Waals surface area contributed by atoms with Crippen molar-refractivity contribution in [2.45, 2.75) is 123 Å².